The summed E-state index contributed by atoms with van der Waals surface area (Å²) < 4.78 is 0. The van der Waals surface area contributed by atoms with Crippen molar-refractivity contribution in [2.75, 3.05) is 39.7 Å². The minimum Gasteiger partial charge on any atom is -0.308 e. The Kier molecular flexibility index (Phi) is 5.10. The molecule has 2 aromatic heterocycles. The fourth-order valence-electron chi connectivity index (χ4n) is 2.16. The van der Waals surface area contributed by atoms with Gasteiger partial charge in [0.25, 0.3) is 0 Å². The van der Waals surface area contributed by atoms with Gasteiger partial charge in [0, 0.05) is 18.0 Å². The molecule has 0 aliphatic carbocycles. The largest absolute Gasteiger partial charge is 0.308 e. The highest BCUT2D eigenvalue weighted by molar-refractivity contribution is 7.18. The molecule has 6 nitrogen and oxygen atoms in total. The lowest BCUT2D eigenvalue weighted by Crippen LogP contribution is -2.29. The first kappa shape index (κ1) is 16.1. The molecule has 2 heterocycles. The summed E-state index contributed by atoms with van der Waals surface area (Å²) in [6.45, 7) is 6.89. The number of aryl methyl sites for hydroxylation is 2. The first-order valence-corrected chi connectivity index (χ1v) is 7.80. The molecule has 0 bridgehead atoms. The van der Waals surface area contributed by atoms with Gasteiger partial charge in [-0.2, -0.15) is 0 Å². The molecule has 0 amide bonds. The summed E-state index contributed by atoms with van der Waals surface area (Å²) >= 11 is 1.69. The maximum Gasteiger partial charge on any atom is 0.152 e. The fraction of sp³-hybridized carbons (Fsp3) is 0.571. The molecular formula is C14H24N6S. The molecule has 7 heteroatoms. The zero-order chi connectivity index (χ0) is 15.6. The fourth-order valence-corrected chi connectivity index (χ4v) is 3.21. The van der Waals surface area contributed by atoms with Crippen molar-refractivity contribution in [2.45, 2.75) is 20.4 Å². The third-order valence-corrected chi connectivity index (χ3v) is 4.65. The van der Waals surface area contributed by atoms with Gasteiger partial charge in [-0.15, -0.1) is 11.3 Å². The number of thiophene rings is 1. The SMILES string of the molecule is Cc1sc2nc(CN(C)CCN(C)C)nc(NN)c2c1C. The van der Waals surface area contributed by atoms with E-state index in [0.29, 0.717) is 6.54 Å². The topological polar surface area (TPSA) is 70.3 Å². The number of nitrogen functional groups attached to an aromatic ring is 1. The molecule has 116 valence electrons. The van der Waals surface area contributed by atoms with Gasteiger partial charge in [0.2, 0.25) is 0 Å². The lowest BCUT2D eigenvalue weighted by atomic mass is 10.2. The predicted octanol–water partition coefficient (Wildman–Crippen LogP) is 1.59. The molecule has 0 unspecified atom stereocenters. The number of likely N-dealkylation sites (N-methyl/N-ethyl adjacent to an activating group) is 2. The number of rotatable bonds is 6. The van der Waals surface area contributed by atoms with Crippen molar-refractivity contribution >= 4 is 27.4 Å². The van der Waals surface area contributed by atoms with Crippen LogP contribution in [0.15, 0.2) is 0 Å². The van der Waals surface area contributed by atoms with Gasteiger partial charge in [0.1, 0.15) is 10.7 Å². The van der Waals surface area contributed by atoms with Crippen LogP contribution in [0.5, 0.6) is 0 Å². The second kappa shape index (κ2) is 6.65. The van der Waals surface area contributed by atoms with E-state index in [1.54, 1.807) is 11.3 Å². The number of aromatic nitrogens is 2. The Morgan fingerprint density at radius 2 is 1.86 bits per heavy atom. The van der Waals surface area contributed by atoms with Crippen molar-refractivity contribution in [1.29, 1.82) is 0 Å². The Hall–Kier alpha value is -1.28. The molecule has 3 N–H and O–H groups in total. The van der Waals surface area contributed by atoms with Crippen LogP contribution in [0.2, 0.25) is 0 Å². The molecule has 0 aliphatic rings. The Bertz CT molecular complexity index is 621. The van der Waals surface area contributed by atoms with Crippen molar-refractivity contribution in [2.24, 2.45) is 5.84 Å². The van der Waals surface area contributed by atoms with Gasteiger partial charge in [-0.1, -0.05) is 0 Å². The average molecular weight is 308 g/mol. The van der Waals surface area contributed by atoms with E-state index >= 15 is 0 Å². The molecule has 0 radical (unpaired) electrons. The molecule has 0 spiro atoms. The molecule has 0 saturated heterocycles. The van der Waals surface area contributed by atoms with Crippen LogP contribution in [0.25, 0.3) is 10.2 Å². The Morgan fingerprint density at radius 3 is 2.48 bits per heavy atom. The van der Waals surface area contributed by atoms with E-state index in [0.717, 1.165) is 34.9 Å². The summed E-state index contributed by atoms with van der Waals surface area (Å²) in [5.74, 6) is 7.16. The van der Waals surface area contributed by atoms with Crippen molar-refractivity contribution in [3.63, 3.8) is 0 Å². The minimum atomic E-state index is 0.717. The van der Waals surface area contributed by atoms with E-state index in [2.05, 4.69) is 60.2 Å². The molecule has 2 aromatic rings. The highest BCUT2D eigenvalue weighted by atomic mass is 32.1. The molecule has 21 heavy (non-hydrogen) atoms. The quantitative estimate of drug-likeness (QED) is 0.624. The van der Waals surface area contributed by atoms with Crippen LogP contribution in [0.4, 0.5) is 5.82 Å². The Labute approximate surface area is 129 Å². The summed E-state index contributed by atoms with van der Waals surface area (Å²) in [5, 5.41) is 1.04. The first-order chi connectivity index (χ1) is 9.92. The van der Waals surface area contributed by atoms with Gasteiger partial charge in [-0.05, 0) is 40.6 Å². The van der Waals surface area contributed by atoms with Gasteiger partial charge < -0.3 is 10.3 Å². The lowest BCUT2D eigenvalue weighted by Gasteiger charge is -2.18. The Balaban J connectivity index is 2.25. The van der Waals surface area contributed by atoms with Crippen LogP contribution >= 0.6 is 11.3 Å². The number of nitrogens with zero attached hydrogens (tertiary/aromatic N) is 4. The second-order valence-electron chi connectivity index (χ2n) is 5.64. The summed E-state index contributed by atoms with van der Waals surface area (Å²) in [7, 11) is 6.23. The summed E-state index contributed by atoms with van der Waals surface area (Å²) in [4.78, 5) is 15.9. The maximum atomic E-state index is 5.64. The number of hydrogen-bond acceptors (Lipinski definition) is 7. The van der Waals surface area contributed by atoms with Crippen LogP contribution in [0.1, 0.15) is 16.3 Å². The monoisotopic (exact) mass is 308 g/mol. The molecule has 0 fully saturated rings. The summed E-state index contributed by atoms with van der Waals surface area (Å²) in [5.41, 5.74) is 3.92. The molecule has 0 aliphatic heterocycles. The van der Waals surface area contributed by atoms with Crippen LogP contribution in [0, 0.1) is 13.8 Å². The van der Waals surface area contributed by atoms with Crippen LogP contribution in [-0.4, -0.2) is 54.0 Å². The molecule has 2 rings (SSSR count). The van der Waals surface area contributed by atoms with Gasteiger partial charge in [-0.3, -0.25) is 4.90 Å². The average Bonchev–Trinajstić information content (AvgIpc) is 2.71. The number of anilines is 1. The molecule has 0 aromatic carbocycles. The second-order valence-corrected chi connectivity index (χ2v) is 6.84. The van der Waals surface area contributed by atoms with E-state index < -0.39 is 0 Å². The lowest BCUT2D eigenvalue weighted by molar-refractivity contribution is 0.271. The van der Waals surface area contributed by atoms with Gasteiger partial charge in [-0.25, -0.2) is 15.8 Å². The minimum absolute atomic E-state index is 0.717. The standard InChI is InChI=1S/C14H24N6S/c1-9-10(2)21-14-12(9)13(18-15)16-11(17-14)8-20(5)7-6-19(3)4/h6-8,15H2,1-5H3,(H,16,17,18). The molecule has 0 saturated carbocycles. The third-order valence-electron chi connectivity index (χ3n) is 3.55. The number of hydrazine groups is 1. The van der Waals surface area contributed by atoms with Crippen LogP contribution < -0.4 is 11.3 Å². The third kappa shape index (κ3) is 3.68. The number of fused-ring (bicyclic) bond motifs is 1. The highest BCUT2D eigenvalue weighted by Crippen LogP contribution is 2.32. The summed E-state index contributed by atoms with van der Waals surface area (Å²) in [6.07, 6.45) is 0. The van der Waals surface area contributed by atoms with E-state index in [4.69, 9.17) is 5.84 Å². The van der Waals surface area contributed by atoms with Gasteiger partial charge in [0.15, 0.2) is 5.82 Å². The van der Waals surface area contributed by atoms with Gasteiger partial charge in [0.05, 0.1) is 11.9 Å². The van der Waals surface area contributed by atoms with E-state index in [-0.39, 0.29) is 0 Å². The number of nitrogens with two attached hydrogens (primary N) is 1. The van der Waals surface area contributed by atoms with E-state index in [1.807, 2.05) is 0 Å². The zero-order valence-corrected chi connectivity index (χ0v) is 14.2. The Morgan fingerprint density at radius 1 is 1.14 bits per heavy atom. The highest BCUT2D eigenvalue weighted by Gasteiger charge is 2.14. The normalized spacial score (nSPS) is 11.8. The maximum absolute atomic E-state index is 5.64. The predicted molar refractivity (Wildman–Crippen MR) is 89.6 cm³/mol. The molecule has 0 atom stereocenters. The molecular weight excluding hydrogens is 284 g/mol. The van der Waals surface area contributed by atoms with Gasteiger partial charge >= 0.3 is 0 Å². The van der Waals surface area contributed by atoms with Crippen molar-refractivity contribution in [3.8, 4) is 0 Å². The smallest absolute Gasteiger partial charge is 0.152 e. The number of hydrogen-bond donors (Lipinski definition) is 2. The number of nitrogens with one attached hydrogen (secondary N) is 1. The van der Waals surface area contributed by atoms with Crippen molar-refractivity contribution in [1.82, 2.24) is 19.8 Å². The van der Waals surface area contributed by atoms with Crippen molar-refractivity contribution < 1.29 is 0 Å². The van der Waals surface area contributed by atoms with E-state index in [9.17, 15) is 0 Å². The zero-order valence-electron chi connectivity index (χ0n) is 13.4. The van der Waals surface area contributed by atoms with Crippen LogP contribution in [-0.2, 0) is 6.54 Å². The summed E-state index contributed by atoms with van der Waals surface area (Å²) in [6, 6.07) is 0. The van der Waals surface area contributed by atoms with Crippen molar-refractivity contribution in [3.05, 3.63) is 16.3 Å². The van der Waals surface area contributed by atoms with E-state index in [1.165, 1.54) is 10.4 Å². The first-order valence-electron chi connectivity index (χ1n) is 6.99. The van der Waals surface area contributed by atoms with Crippen LogP contribution in [0.3, 0.4) is 0 Å².